The second-order valence-corrected chi connectivity index (χ2v) is 4.23. The number of hydrogen-bond acceptors (Lipinski definition) is 3. The fourth-order valence-electron chi connectivity index (χ4n) is 0.668. The first-order valence-electron chi connectivity index (χ1n) is 3.33. The lowest BCUT2D eigenvalue weighted by atomic mass is 10.8. The molecule has 0 aliphatic heterocycles. The van der Waals surface area contributed by atoms with Gasteiger partial charge in [0.1, 0.15) is 0 Å². The molecular weight excluding hydrogens is 178 g/mol. The number of H-pyrrole nitrogens is 1. The van der Waals surface area contributed by atoms with Crippen molar-refractivity contribution in [1.29, 1.82) is 0 Å². The van der Waals surface area contributed by atoms with E-state index in [2.05, 4.69) is 16.9 Å². The molecule has 0 unspecified atom stereocenters. The van der Waals surface area contributed by atoms with Crippen molar-refractivity contribution in [3.63, 3.8) is 0 Å². The van der Waals surface area contributed by atoms with Gasteiger partial charge in [0.15, 0.2) is 5.03 Å². The number of aromatic nitrogens is 2. The predicted octanol–water partition coefficient (Wildman–Crippen LogP) is -0.136. The first kappa shape index (κ1) is 9.21. The average molecular weight is 188 g/mol. The number of hydrogen-bond donors (Lipinski definition) is 1. The van der Waals surface area contributed by atoms with Gasteiger partial charge in [0.2, 0.25) is 0 Å². The molecule has 1 N–H and O–H groups in total. The molecular formula is C6H10N3O2S. The van der Waals surface area contributed by atoms with Gasteiger partial charge in [-0.15, -0.1) is 0 Å². The smallest absolute Gasteiger partial charge is 0.261 e. The second-order valence-electron chi connectivity index (χ2n) is 2.23. The highest BCUT2D eigenvalue weighted by molar-refractivity contribution is 7.89. The van der Waals surface area contributed by atoms with Crippen LogP contribution in [0.15, 0.2) is 17.6 Å². The Morgan fingerprint density at radius 3 is 2.83 bits per heavy atom. The Morgan fingerprint density at radius 1 is 1.75 bits per heavy atom. The van der Waals surface area contributed by atoms with Crippen LogP contribution in [0.1, 0.15) is 0 Å². The van der Waals surface area contributed by atoms with Gasteiger partial charge in [-0.05, 0) is 6.92 Å². The van der Waals surface area contributed by atoms with Crippen LogP contribution >= 0.6 is 0 Å². The minimum Gasteiger partial charge on any atom is -0.350 e. The number of aromatic amines is 1. The molecule has 0 bridgehead atoms. The van der Waals surface area contributed by atoms with Crippen molar-refractivity contribution >= 4 is 10.0 Å². The van der Waals surface area contributed by atoms with Crippen molar-refractivity contribution in [3.8, 4) is 0 Å². The topological polar surface area (TPSA) is 66.1 Å². The van der Waals surface area contributed by atoms with E-state index in [1.54, 1.807) is 0 Å². The van der Waals surface area contributed by atoms with E-state index in [1.165, 1.54) is 19.6 Å². The average Bonchev–Trinajstić information content (AvgIpc) is 2.55. The Morgan fingerprint density at radius 2 is 2.42 bits per heavy atom. The Balaban J connectivity index is 3.03. The monoisotopic (exact) mass is 188 g/mol. The van der Waals surface area contributed by atoms with Crippen LogP contribution in [0.4, 0.5) is 0 Å². The van der Waals surface area contributed by atoms with Crippen molar-refractivity contribution in [2.45, 2.75) is 5.03 Å². The summed E-state index contributed by atoms with van der Waals surface area (Å²) in [6, 6.07) is 0. The van der Waals surface area contributed by atoms with E-state index in [0.717, 1.165) is 4.31 Å². The molecule has 12 heavy (non-hydrogen) atoms. The zero-order chi connectivity index (χ0) is 9.19. The van der Waals surface area contributed by atoms with Crippen molar-refractivity contribution < 1.29 is 8.42 Å². The van der Waals surface area contributed by atoms with Gasteiger partial charge in [-0.1, -0.05) is 0 Å². The zero-order valence-corrected chi connectivity index (χ0v) is 7.50. The van der Waals surface area contributed by atoms with E-state index in [0.29, 0.717) is 0 Å². The summed E-state index contributed by atoms with van der Waals surface area (Å²) in [5.41, 5.74) is 0. The van der Waals surface area contributed by atoms with Crippen LogP contribution in [0.5, 0.6) is 0 Å². The largest absolute Gasteiger partial charge is 0.350 e. The zero-order valence-electron chi connectivity index (χ0n) is 6.69. The van der Waals surface area contributed by atoms with Crippen LogP contribution in [0.25, 0.3) is 0 Å². The summed E-state index contributed by atoms with van der Waals surface area (Å²) < 4.78 is 24.0. The highest BCUT2D eigenvalue weighted by Gasteiger charge is 2.20. The standard InChI is InChI=1S/C6H10N3O2S/c1-3-9(2)12(10,11)6-4-7-5-8-6/h4-5H,1,3H2,2H3,(H,7,8). The maximum atomic E-state index is 11.4. The van der Waals surface area contributed by atoms with Gasteiger partial charge in [0.25, 0.3) is 10.0 Å². The molecule has 1 aromatic rings. The minimum absolute atomic E-state index is 0.0219. The summed E-state index contributed by atoms with van der Waals surface area (Å²) in [7, 11) is -1.96. The van der Waals surface area contributed by atoms with Gasteiger partial charge in [0.05, 0.1) is 6.33 Å². The van der Waals surface area contributed by atoms with E-state index >= 15 is 0 Å². The van der Waals surface area contributed by atoms with E-state index in [9.17, 15) is 8.42 Å². The SMILES string of the molecule is [CH2]CN(C)S(=O)(=O)c1c[nH]cn1. The first-order chi connectivity index (χ1) is 5.59. The molecule has 0 amide bonds. The normalized spacial score (nSPS) is 12.2. The van der Waals surface area contributed by atoms with E-state index < -0.39 is 10.0 Å². The van der Waals surface area contributed by atoms with Gasteiger partial charge in [-0.25, -0.2) is 13.4 Å². The molecule has 67 valence electrons. The van der Waals surface area contributed by atoms with Crippen molar-refractivity contribution in [2.75, 3.05) is 13.6 Å². The van der Waals surface area contributed by atoms with Gasteiger partial charge in [-0.2, -0.15) is 4.31 Å². The van der Waals surface area contributed by atoms with Crippen molar-refractivity contribution in [1.82, 2.24) is 14.3 Å². The lowest BCUT2D eigenvalue weighted by Crippen LogP contribution is -2.26. The molecule has 1 heterocycles. The van der Waals surface area contributed by atoms with Crippen LogP contribution in [-0.4, -0.2) is 36.3 Å². The summed E-state index contributed by atoms with van der Waals surface area (Å²) in [6.07, 6.45) is 2.66. The number of nitrogens with one attached hydrogen (secondary N) is 1. The van der Waals surface area contributed by atoms with Gasteiger partial charge < -0.3 is 4.98 Å². The molecule has 0 aliphatic carbocycles. The number of nitrogens with zero attached hydrogens (tertiary/aromatic N) is 2. The maximum Gasteiger partial charge on any atom is 0.261 e. The van der Waals surface area contributed by atoms with Gasteiger partial charge in [0, 0.05) is 19.8 Å². The Labute approximate surface area is 71.5 Å². The molecule has 0 saturated heterocycles. The van der Waals surface area contributed by atoms with Crippen LogP contribution in [0, 0.1) is 6.92 Å². The third-order valence-corrected chi connectivity index (χ3v) is 3.22. The molecule has 0 spiro atoms. The first-order valence-corrected chi connectivity index (χ1v) is 4.77. The number of sulfonamides is 1. The fraction of sp³-hybridized carbons (Fsp3) is 0.333. The van der Waals surface area contributed by atoms with Crippen molar-refractivity contribution in [2.24, 2.45) is 0 Å². The number of imidazole rings is 1. The quantitative estimate of drug-likeness (QED) is 0.718. The van der Waals surface area contributed by atoms with Crippen molar-refractivity contribution in [3.05, 3.63) is 19.4 Å². The van der Waals surface area contributed by atoms with Crippen LogP contribution in [0.3, 0.4) is 0 Å². The molecule has 0 aromatic carbocycles. The summed E-state index contributed by atoms with van der Waals surface area (Å²) in [5.74, 6) is 0. The highest BCUT2D eigenvalue weighted by Crippen LogP contribution is 2.08. The molecule has 0 aliphatic rings. The molecule has 6 heteroatoms. The molecule has 1 aromatic heterocycles. The van der Waals surface area contributed by atoms with Gasteiger partial charge in [-0.3, -0.25) is 0 Å². The predicted molar refractivity (Wildman–Crippen MR) is 43.8 cm³/mol. The van der Waals surface area contributed by atoms with E-state index in [-0.39, 0.29) is 11.6 Å². The molecule has 1 radical (unpaired) electrons. The van der Waals surface area contributed by atoms with E-state index in [4.69, 9.17) is 0 Å². The maximum absolute atomic E-state index is 11.4. The van der Waals surface area contributed by atoms with Crippen LogP contribution in [-0.2, 0) is 10.0 Å². The number of rotatable bonds is 3. The molecule has 1 rings (SSSR count). The Bertz CT molecular complexity index is 330. The third-order valence-electron chi connectivity index (χ3n) is 1.46. The molecule has 0 atom stereocenters. The third kappa shape index (κ3) is 1.49. The Kier molecular flexibility index (Phi) is 2.49. The molecule has 0 saturated carbocycles. The lowest BCUT2D eigenvalue weighted by molar-refractivity contribution is 0.495. The van der Waals surface area contributed by atoms with E-state index in [1.807, 2.05) is 0 Å². The minimum atomic E-state index is -3.42. The van der Waals surface area contributed by atoms with Crippen LogP contribution in [0.2, 0.25) is 0 Å². The second kappa shape index (κ2) is 3.24. The fourth-order valence-corrected chi connectivity index (χ4v) is 1.63. The summed E-state index contributed by atoms with van der Waals surface area (Å²) in [4.78, 5) is 6.22. The summed E-state index contributed by atoms with van der Waals surface area (Å²) in [5, 5.41) is 0.0219. The summed E-state index contributed by atoms with van der Waals surface area (Å²) in [6.45, 7) is 3.66. The molecule has 0 fully saturated rings. The van der Waals surface area contributed by atoms with Crippen LogP contribution < -0.4 is 0 Å². The summed E-state index contributed by atoms with van der Waals surface area (Å²) >= 11 is 0. The lowest BCUT2D eigenvalue weighted by Gasteiger charge is -2.11. The highest BCUT2D eigenvalue weighted by atomic mass is 32.2. The molecule has 5 nitrogen and oxygen atoms in total. The Hall–Kier alpha value is -0.880. The van der Waals surface area contributed by atoms with Gasteiger partial charge >= 0.3 is 0 Å².